The Labute approximate surface area is 145 Å². The van der Waals surface area contributed by atoms with Crippen molar-refractivity contribution in [3.05, 3.63) is 65.5 Å². The number of hydrogen-bond donors (Lipinski definition) is 2. The normalized spacial score (nSPS) is 11.4. The minimum atomic E-state index is -4.53. The van der Waals surface area contributed by atoms with Crippen molar-refractivity contribution in [2.45, 2.75) is 12.6 Å². The monoisotopic (exact) mass is 367 g/mol. The summed E-state index contributed by atoms with van der Waals surface area (Å²) in [5.41, 5.74) is 1.63. The third-order valence-corrected chi connectivity index (χ3v) is 3.07. The molecule has 0 atom stereocenters. The van der Waals surface area contributed by atoms with E-state index in [0.29, 0.717) is 5.56 Å². The number of halogens is 4. The van der Waals surface area contributed by atoms with Gasteiger partial charge in [-0.25, -0.2) is 9.82 Å². The molecule has 2 rings (SSSR count). The Bertz CT molecular complexity index is 818. The molecule has 0 aliphatic carbocycles. The number of hydrazone groups is 1. The molecular formula is C17H13F4N3O2. The summed E-state index contributed by atoms with van der Waals surface area (Å²) in [7, 11) is 0. The molecule has 0 saturated carbocycles. The number of hydrogen-bond acceptors (Lipinski definition) is 3. The number of nitrogens with one attached hydrogen (secondary N) is 2. The molecule has 0 aliphatic rings. The van der Waals surface area contributed by atoms with Crippen LogP contribution in [0.4, 0.5) is 23.2 Å². The lowest BCUT2D eigenvalue weighted by atomic mass is 10.2. The Kier molecular flexibility index (Phi) is 6.05. The molecule has 0 aromatic heterocycles. The Morgan fingerprint density at radius 1 is 1.04 bits per heavy atom. The standard InChI is InChI=1S/C17H13F4N3O2/c18-13-6-4-11(5-7-13)10-22-24-16(26)9-15(25)23-14-3-1-2-12(8-14)17(19,20)21/h1-8,10H,9H2,(H,23,25)(H,24,26)/b22-10-. The number of nitrogens with zero attached hydrogens (tertiary/aromatic N) is 1. The van der Waals surface area contributed by atoms with Crippen LogP contribution in [0.25, 0.3) is 0 Å². The number of anilines is 1. The Hall–Kier alpha value is -3.23. The van der Waals surface area contributed by atoms with E-state index in [2.05, 4.69) is 15.8 Å². The highest BCUT2D eigenvalue weighted by molar-refractivity contribution is 6.03. The fourth-order valence-corrected chi connectivity index (χ4v) is 1.89. The molecule has 2 N–H and O–H groups in total. The Morgan fingerprint density at radius 2 is 1.73 bits per heavy atom. The zero-order valence-corrected chi connectivity index (χ0v) is 13.2. The van der Waals surface area contributed by atoms with Crippen molar-refractivity contribution in [2.75, 3.05) is 5.32 Å². The van der Waals surface area contributed by atoms with E-state index in [0.717, 1.165) is 18.2 Å². The summed E-state index contributed by atoms with van der Waals surface area (Å²) < 4.78 is 50.5. The molecule has 0 radical (unpaired) electrons. The van der Waals surface area contributed by atoms with Crippen LogP contribution in [0.5, 0.6) is 0 Å². The van der Waals surface area contributed by atoms with Crippen LogP contribution in [0.15, 0.2) is 53.6 Å². The Morgan fingerprint density at radius 3 is 2.38 bits per heavy atom. The first kappa shape index (κ1) is 19.1. The summed E-state index contributed by atoms with van der Waals surface area (Å²) in [5, 5.41) is 5.81. The van der Waals surface area contributed by atoms with Crippen LogP contribution < -0.4 is 10.7 Å². The lowest BCUT2D eigenvalue weighted by molar-refractivity contribution is -0.137. The molecule has 0 bridgehead atoms. The molecule has 2 aromatic rings. The lowest BCUT2D eigenvalue weighted by Gasteiger charge is -2.09. The fraction of sp³-hybridized carbons (Fsp3) is 0.118. The number of alkyl halides is 3. The SMILES string of the molecule is O=C(CC(=O)Nc1cccc(C(F)(F)F)c1)N/N=C\c1ccc(F)cc1. The van der Waals surface area contributed by atoms with Crippen molar-refractivity contribution in [3.63, 3.8) is 0 Å². The van der Waals surface area contributed by atoms with Gasteiger partial charge in [0.1, 0.15) is 12.2 Å². The van der Waals surface area contributed by atoms with Gasteiger partial charge >= 0.3 is 6.18 Å². The Balaban J connectivity index is 1.85. The second-order valence-corrected chi connectivity index (χ2v) is 5.15. The second kappa shape index (κ2) is 8.24. The van der Waals surface area contributed by atoms with Gasteiger partial charge in [0, 0.05) is 5.69 Å². The molecule has 0 spiro atoms. The van der Waals surface area contributed by atoms with Gasteiger partial charge < -0.3 is 5.32 Å². The maximum atomic E-state index is 12.7. The molecule has 0 heterocycles. The molecule has 0 fully saturated rings. The van der Waals surface area contributed by atoms with Crippen LogP contribution in [0.2, 0.25) is 0 Å². The molecular weight excluding hydrogens is 354 g/mol. The van der Waals surface area contributed by atoms with Gasteiger partial charge in [-0.2, -0.15) is 18.3 Å². The second-order valence-electron chi connectivity index (χ2n) is 5.15. The minimum absolute atomic E-state index is 0.0764. The van der Waals surface area contributed by atoms with E-state index in [1.807, 2.05) is 0 Å². The highest BCUT2D eigenvalue weighted by Gasteiger charge is 2.30. The molecule has 9 heteroatoms. The van der Waals surface area contributed by atoms with Gasteiger partial charge in [0.25, 0.3) is 0 Å². The molecule has 0 saturated heterocycles. The topological polar surface area (TPSA) is 70.6 Å². The zero-order valence-electron chi connectivity index (χ0n) is 13.2. The number of amides is 2. The van der Waals surface area contributed by atoms with Crippen LogP contribution in [0, 0.1) is 5.82 Å². The molecule has 136 valence electrons. The van der Waals surface area contributed by atoms with E-state index in [4.69, 9.17) is 0 Å². The first-order chi connectivity index (χ1) is 12.2. The number of carbonyl (C=O) groups is 2. The zero-order chi connectivity index (χ0) is 19.2. The summed E-state index contributed by atoms with van der Waals surface area (Å²) in [4.78, 5) is 23.3. The van der Waals surface area contributed by atoms with Gasteiger partial charge in [-0.15, -0.1) is 0 Å². The highest BCUT2D eigenvalue weighted by atomic mass is 19.4. The van der Waals surface area contributed by atoms with Gasteiger partial charge in [0.2, 0.25) is 11.8 Å². The van der Waals surface area contributed by atoms with Crippen molar-refractivity contribution in [2.24, 2.45) is 5.10 Å². The number of carbonyl (C=O) groups excluding carboxylic acids is 2. The van der Waals surface area contributed by atoms with E-state index in [1.54, 1.807) is 0 Å². The molecule has 0 aliphatic heterocycles. The predicted octanol–water partition coefficient (Wildman–Crippen LogP) is 3.32. The first-order valence-corrected chi connectivity index (χ1v) is 7.28. The maximum Gasteiger partial charge on any atom is 0.416 e. The molecule has 0 unspecified atom stereocenters. The molecule has 2 amide bonds. The van der Waals surface area contributed by atoms with Gasteiger partial charge in [-0.05, 0) is 35.9 Å². The summed E-state index contributed by atoms with van der Waals surface area (Å²) >= 11 is 0. The van der Waals surface area contributed by atoms with E-state index in [-0.39, 0.29) is 5.69 Å². The van der Waals surface area contributed by atoms with Crippen molar-refractivity contribution in [3.8, 4) is 0 Å². The number of benzene rings is 2. The quantitative estimate of drug-likeness (QED) is 0.368. The van der Waals surface area contributed by atoms with Gasteiger partial charge in [0.05, 0.1) is 11.8 Å². The fourth-order valence-electron chi connectivity index (χ4n) is 1.89. The third-order valence-electron chi connectivity index (χ3n) is 3.07. The summed E-state index contributed by atoms with van der Waals surface area (Å²) in [6, 6.07) is 9.35. The average Bonchev–Trinajstić information content (AvgIpc) is 2.56. The maximum absolute atomic E-state index is 12.7. The minimum Gasteiger partial charge on any atom is -0.326 e. The average molecular weight is 367 g/mol. The molecule has 5 nitrogen and oxygen atoms in total. The van der Waals surface area contributed by atoms with Crippen LogP contribution in [-0.4, -0.2) is 18.0 Å². The van der Waals surface area contributed by atoms with Crippen molar-refractivity contribution in [1.82, 2.24) is 5.43 Å². The lowest BCUT2D eigenvalue weighted by Crippen LogP contribution is -2.24. The number of rotatable bonds is 5. The van der Waals surface area contributed by atoms with Crippen LogP contribution in [0.1, 0.15) is 17.5 Å². The van der Waals surface area contributed by atoms with Gasteiger partial charge in [-0.3, -0.25) is 9.59 Å². The van der Waals surface area contributed by atoms with Crippen LogP contribution in [0.3, 0.4) is 0 Å². The third kappa shape index (κ3) is 6.00. The van der Waals surface area contributed by atoms with E-state index in [9.17, 15) is 27.2 Å². The first-order valence-electron chi connectivity index (χ1n) is 7.28. The summed E-state index contributed by atoms with van der Waals surface area (Å²) in [6.45, 7) is 0. The smallest absolute Gasteiger partial charge is 0.326 e. The largest absolute Gasteiger partial charge is 0.416 e. The van der Waals surface area contributed by atoms with Crippen LogP contribution >= 0.6 is 0 Å². The van der Waals surface area contributed by atoms with E-state index < -0.39 is 35.8 Å². The van der Waals surface area contributed by atoms with Crippen molar-refractivity contribution in [1.29, 1.82) is 0 Å². The van der Waals surface area contributed by atoms with Crippen LogP contribution in [-0.2, 0) is 15.8 Å². The van der Waals surface area contributed by atoms with E-state index >= 15 is 0 Å². The van der Waals surface area contributed by atoms with Crippen molar-refractivity contribution < 1.29 is 27.2 Å². The summed E-state index contributed by atoms with van der Waals surface area (Å²) in [5.74, 6) is -1.97. The molecule has 26 heavy (non-hydrogen) atoms. The molecule has 2 aromatic carbocycles. The predicted molar refractivity (Wildman–Crippen MR) is 86.8 cm³/mol. The van der Waals surface area contributed by atoms with Gasteiger partial charge in [0.15, 0.2) is 0 Å². The highest BCUT2D eigenvalue weighted by Crippen LogP contribution is 2.30. The summed E-state index contributed by atoms with van der Waals surface area (Å²) in [6.07, 6.45) is -3.91. The van der Waals surface area contributed by atoms with Gasteiger partial charge in [-0.1, -0.05) is 18.2 Å². The van der Waals surface area contributed by atoms with Crippen molar-refractivity contribution >= 4 is 23.7 Å². The van der Waals surface area contributed by atoms with E-state index in [1.165, 1.54) is 36.5 Å².